The summed E-state index contributed by atoms with van der Waals surface area (Å²) >= 11 is 0. The molecule has 4 rings (SSSR count). The Bertz CT molecular complexity index is 977. The monoisotopic (exact) mass is 424 g/mol. The van der Waals surface area contributed by atoms with E-state index in [0.29, 0.717) is 12.6 Å². The number of hydrogen-bond acceptors (Lipinski definition) is 6. The van der Waals surface area contributed by atoms with Crippen LogP contribution >= 0.6 is 0 Å². The molecule has 1 atom stereocenters. The van der Waals surface area contributed by atoms with E-state index in [9.17, 15) is 4.79 Å². The Balaban J connectivity index is 1.42. The average molecular weight is 425 g/mol. The van der Waals surface area contributed by atoms with Crippen LogP contribution in [0.5, 0.6) is 0 Å². The van der Waals surface area contributed by atoms with E-state index >= 15 is 0 Å². The van der Waals surface area contributed by atoms with Gasteiger partial charge in [-0.15, -0.1) is 0 Å². The maximum absolute atomic E-state index is 12.4. The third-order valence-corrected chi connectivity index (χ3v) is 6.53. The van der Waals surface area contributed by atoms with E-state index in [0.717, 1.165) is 49.8 Å². The fourth-order valence-electron chi connectivity index (χ4n) is 4.73. The van der Waals surface area contributed by atoms with Crippen LogP contribution in [0.1, 0.15) is 69.2 Å². The topological polar surface area (TPSA) is 75.9 Å². The van der Waals surface area contributed by atoms with Crippen molar-refractivity contribution in [2.45, 2.75) is 84.2 Å². The van der Waals surface area contributed by atoms with Gasteiger partial charge in [0, 0.05) is 41.9 Å². The fraction of sp³-hybridized carbons (Fsp3) is 0.667. The maximum Gasteiger partial charge on any atom is 0.266 e. The molecule has 31 heavy (non-hydrogen) atoms. The molecule has 7 nitrogen and oxygen atoms in total. The van der Waals surface area contributed by atoms with Gasteiger partial charge < -0.3 is 5.32 Å². The Labute approximate surface area is 185 Å². The number of rotatable bonds is 6. The van der Waals surface area contributed by atoms with E-state index in [1.54, 1.807) is 10.7 Å². The number of aromatic nitrogens is 4. The van der Waals surface area contributed by atoms with Crippen LogP contribution in [-0.4, -0.2) is 50.3 Å². The zero-order valence-corrected chi connectivity index (χ0v) is 19.4. The fourth-order valence-corrected chi connectivity index (χ4v) is 4.73. The van der Waals surface area contributed by atoms with Crippen molar-refractivity contribution in [1.82, 2.24) is 24.6 Å². The Hall–Kier alpha value is -2.28. The Morgan fingerprint density at radius 1 is 1.10 bits per heavy atom. The van der Waals surface area contributed by atoms with Gasteiger partial charge in [-0.2, -0.15) is 5.10 Å². The molecule has 1 aliphatic heterocycles. The third-order valence-electron chi connectivity index (χ3n) is 6.53. The lowest BCUT2D eigenvalue weighted by Gasteiger charge is -2.36. The molecular weight excluding hydrogens is 388 g/mol. The van der Waals surface area contributed by atoms with Crippen LogP contribution in [0.2, 0.25) is 0 Å². The number of likely N-dealkylation sites (tertiary alicyclic amines) is 1. The Morgan fingerprint density at radius 2 is 1.94 bits per heavy atom. The van der Waals surface area contributed by atoms with E-state index in [1.165, 1.54) is 36.9 Å². The molecule has 0 saturated carbocycles. The molecule has 0 radical (unpaired) electrons. The predicted molar refractivity (Wildman–Crippen MR) is 124 cm³/mol. The van der Waals surface area contributed by atoms with Crippen LogP contribution in [0.4, 0.5) is 5.82 Å². The molecule has 1 aliphatic carbocycles. The van der Waals surface area contributed by atoms with Gasteiger partial charge in [-0.05, 0) is 51.6 Å². The van der Waals surface area contributed by atoms with Crippen molar-refractivity contribution in [3.8, 4) is 0 Å². The second-order valence-corrected chi connectivity index (χ2v) is 9.99. The SMILES string of the molecule is Cc1nc2c(c(NCC3CCCCN3CCn3nc(C(C)(C)C)ccc3=O)n1)CCC2. The van der Waals surface area contributed by atoms with E-state index < -0.39 is 0 Å². The number of piperidine rings is 1. The number of nitrogens with zero attached hydrogens (tertiary/aromatic N) is 5. The van der Waals surface area contributed by atoms with Crippen molar-refractivity contribution < 1.29 is 0 Å². The minimum Gasteiger partial charge on any atom is -0.368 e. The molecule has 2 aliphatic rings. The van der Waals surface area contributed by atoms with Gasteiger partial charge in [0.15, 0.2) is 0 Å². The molecule has 0 spiro atoms. The van der Waals surface area contributed by atoms with E-state index in [2.05, 4.69) is 41.1 Å². The minimum atomic E-state index is -0.0665. The van der Waals surface area contributed by atoms with Crippen molar-refractivity contribution >= 4 is 5.82 Å². The second kappa shape index (κ2) is 9.07. The highest BCUT2D eigenvalue weighted by molar-refractivity contribution is 5.48. The summed E-state index contributed by atoms with van der Waals surface area (Å²) in [7, 11) is 0. The van der Waals surface area contributed by atoms with E-state index in [1.807, 2.05) is 13.0 Å². The zero-order valence-electron chi connectivity index (χ0n) is 19.4. The number of hydrogen-bond donors (Lipinski definition) is 1. The van der Waals surface area contributed by atoms with Gasteiger partial charge in [0.05, 0.1) is 12.2 Å². The summed E-state index contributed by atoms with van der Waals surface area (Å²) in [6.45, 7) is 11.8. The summed E-state index contributed by atoms with van der Waals surface area (Å²) in [6, 6.07) is 3.96. The van der Waals surface area contributed by atoms with Crippen LogP contribution in [0.3, 0.4) is 0 Å². The molecule has 0 bridgehead atoms. The van der Waals surface area contributed by atoms with Gasteiger partial charge in [0.2, 0.25) is 0 Å². The van der Waals surface area contributed by atoms with Crippen LogP contribution in [0.15, 0.2) is 16.9 Å². The van der Waals surface area contributed by atoms with Gasteiger partial charge in [0.25, 0.3) is 5.56 Å². The third kappa shape index (κ3) is 5.14. The molecule has 1 unspecified atom stereocenters. The number of nitrogens with one attached hydrogen (secondary N) is 1. The van der Waals surface area contributed by atoms with Gasteiger partial charge in [-0.3, -0.25) is 9.69 Å². The van der Waals surface area contributed by atoms with Gasteiger partial charge in [-0.1, -0.05) is 27.2 Å². The molecule has 0 aromatic carbocycles. The van der Waals surface area contributed by atoms with Crippen LogP contribution in [0.25, 0.3) is 0 Å². The first-order valence-electron chi connectivity index (χ1n) is 11.7. The highest BCUT2D eigenvalue weighted by Crippen LogP contribution is 2.27. The molecule has 3 heterocycles. The van der Waals surface area contributed by atoms with Crippen molar-refractivity contribution in [2.75, 3.05) is 25.0 Å². The number of anilines is 1. The molecule has 168 valence electrons. The summed E-state index contributed by atoms with van der Waals surface area (Å²) in [5.41, 5.74) is 3.40. The summed E-state index contributed by atoms with van der Waals surface area (Å²) < 4.78 is 1.64. The first kappa shape index (κ1) is 21.9. The van der Waals surface area contributed by atoms with Crippen LogP contribution in [0, 0.1) is 6.92 Å². The lowest BCUT2D eigenvalue weighted by atomic mass is 9.92. The second-order valence-electron chi connectivity index (χ2n) is 9.99. The summed E-state index contributed by atoms with van der Waals surface area (Å²) in [6.07, 6.45) is 6.95. The molecule has 1 saturated heterocycles. The zero-order chi connectivity index (χ0) is 22.0. The molecule has 0 amide bonds. The summed E-state index contributed by atoms with van der Waals surface area (Å²) in [5.74, 6) is 1.88. The molecule has 1 fully saturated rings. The highest BCUT2D eigenvalue weighted by Gasteiger charge is 2.24. The maximum atomic E-state index is 12.4. The van der Waals surface area contributed by atoms with Gasteiger partial charge in [0.1, 0.15) is 11.6 Å². The Kier molecular flexibility index (Phi) is 6.42. The first-order chi connectivity index (χ1) is 14.8. The summed E-state index contributed by atoms with van der Waals surface area (Å²) in [5, 5.41) is 8.29. The molecule has 2 aromatic heterocycles. The van der Waals surface area contributed by atoms with Crippen LogP contribution in [-0.2, 0) is 24.8 Å². The first-order valence-corrected chi connectivity index (χ1v) is 11.7. The number of fused-ring (bicyclic) bond motifs is 1. The largest absolute Gasteiger partial charge is 0.368 e. The quantitative estimate of drug-likeness (QED) is 0.768. The lowest BCUT2D eigenvalue weighted by molar-refractivity contribution is 0.147. The normalized spacial score (nSPS) is 19.4. The standard InChI is InChI=1S/C24H36N6O/c1-17-26-20-10-7-9-19(20)23(27-17)25-16-18-8-5-6-13-29(18)14-15-30-22(31)12-11-21(28-30)24(2,3)4/h11-12,18H,5-10,13-16H2,1-4H3,(H,25,26,27). The Morgan fingerprint density at radius 3 is 2.74 bits per heavy atom. The van der Waals surface area contributed by atoms with Crippen molar-refractivity contribution in [2.24, 2.45) is 0 Å². The molecular formula is C24H36N6O. The molecule has 1 N–H and O–H groups in total. The smallest absolute Gasteiger partial charge is 0.266 e. The van der Waals surface area contributed by atoms with Crippen molar-refractivity contribution in [1.29, 1.82) is 0 Å². The van der Waals surface area contributed by atoms with Crippen molar-refractivity contribution in [3.05, 3.63) is 45.3 Å². The summed E-state index contributed by atoms with van der Waals surface area (Å²) in [4.78, 5) is 24.2. The van der Waals surface area contributed by atoms with E-state index in [4.69, 9.17) is 4.98 Å². The van der Waals surface area contributed by atoms with Gasteiger partial charge in [-0.25, -0.2) is 14.6 Å². The highest BCUT2D eigenvalue weighted by atomic mass is 16.1. The molecule has 7 heteroatoms. The van der Waals surface area contributed by atoms with Gasteiger partial charge >= 0.3 is 0 Å². The lowest BCUT2D eigenvalue weighted by Crippen LogP contribution is -2.46. The predicted octanol–water partition coefficient (Wildman–Crippen LogP) is 3.09. The number of aryl methyl sites for hydroxylation is 2. The van der Waals surface area contributed by atoms with Crippen molar-refractivity contribution in [3.63, 3.8) is 0 Å². The van der Waals surface area contributed by atoms with E-state index in [-0.39, 0.29) is 11.0 Å². The molecule has 2 aromatic rings. The van der Waals surface area contributed by atoms with Crippen LogP contribution < -0.4 is 10.9 Å². The average Bonchev–Trinajstić information content (AvgIpc) is 3.19. The minimum absolute atomic E-state index is 0.0216.